The Morgan fingerprint density at radius 2 is 1.78 bits per heavy atom. The monoisotopic (exact) mass is 404 g/mol. The summed E-state index contributed by atoms with van der Waals surface area (Å²) in [6.45, 7) is 5.29. The zero-order valence-electron chi connectivity index (χ0n) is 15.1. The van der Waals surface area contributed by atoms with Crippen LogP contribution < -0.4 is 5.14 Å². The summed E-state index contributed by atoms with van der Waals surface area (Å²) in [5.74, 6) is 0.328. The number of hydrogen-bond donors (Lipinski definition) is 1. The molecule has 2 aromatic carbocycles. The van der Waals surface area contributed by atoms with Crippen molar-refractivity contribution in [3.63, 3.8) is 0 Å². The fraction of sp³-hybridized carbons (Fsp3) is 0.250. The molecular weight excluding hydrogens is 384 g/mol. The SMILES string of the molecule is CC(C)CCn1ccc2cc(C(=O)c3ccc(Cl)c(S(N)(=O)=O)c3)ccc21. The fourth-order valence-electron chi connectivity index (χ4n) is 2.96. The Morgan fingerprint density at radius 3 is 2.44 bits per heavy atom. The third-order valence-electron chi connectivity index (χ3n) is 4.48. The van der Waals surface area contributed by atoms with E-state index in [1.807, 2.05) is 24.4 Å². The Morgan fingerprint density at radius 1 is 1.11 bits per heavy atom. The van der Waals surface area contributed by atoms with Gasteiger partial charge in [0.05, 0.1) is 5.02 Å². The Hall–Kier alpha value is -2.15. The van der Waals surface area contributed by atoms with Crippen molar-refractivity contribution in [3.05, 3.63) is 64.8 Å². The molecule has 0 aliphatic carbocycles. The van der Waals surface area contributed by atoms with Gasteiger partial charge in [-0.05, 0) is 54.8 Å². The molecular formula is C20H21ClN2O3S. The van der Waals surface area contributed by atoms with Crippen molar-refractivity contribution in [2.75, 3.05) is 0 Å². The van der Waals surface area contributed by atoms with Gasteiger partial charge in [0.1, 0.15) is 4.90 Å². The summed E-state index contributed by atoms with van der Waals surface area (Å²) >= 11 is 5.89. The maximum atomic E-state index is 12.8. The van der Waals surface area contributed by atoms with E-state index in [9.17, 15) is 13.2 Å². The molecule has 7 heteroatoms. The summed E-state index contributed by atoms with van der Waals surface area (Å²) in [6, 6.07) is 11.5. The Kier molecular flexibility index (Phi) is 5.42. The van der Waals surface area contributed by atoms with Gasteiger partial charge in [-0.2, -0.15) is 0 Å². The van der Waals surface area contributed by atoms with Gasteiger partial charge in [-0.1, -0.05) is 25.4 Å². The molecule has 0 aliphatic heterocycles. The number of primary sulfonamides is 1. The molecule has 0 saturated heterocycles. The second-order valence-electron chi connectivity index (χ2n) is 6.98. The van der Waals surface area contributed by atoms with Gasteiger partial charge in [0.15, 0.2) is 5.78 Å². The fourth-order valence-corrected chi connectivity index (χ4v) is 4.03. The third kappa shape index (κ3) is 4.24. The summed E-state index contributed by atoms with van der Waals surface area (Å²) in [4.78, 5) is 12.6. The van der Waals surface area contributed by atoms with Crippen LogP contribution in [-0.4, -0.2) is 18.8 Å². The molecule has 0 radical (unpaired) electrons. The molecule has 27 heavy (non-hydrogen) atoms. The van der Waals surface area contributed by atoms with Crippen LogP contribution in [0, 0.1) is 5.92 Å². The van der Waals surface area contributed by atoms with E-state index in [1.165, 1.54) is 18.2 Å². The van der Waals surface area contributed by atoms with Crippen molar-refractivity contribution in [1.82, 2.24) is 4.57 Å². The first-order valence-corrected chi connectivity index (χ1v) is 10.5. The number of aromatic nitrogens is 1. The number of nitrogens with zero attached hydrogens (tertiary/aromatic N) is 1. The van der Waals surface area contributed by atoms with Gasteiger partial charge in [-0.25, -0.2) is 13.6 Å². The Labute approximate surface area is 163 Å². The molecule has 0 unspecified atom stereocenters. The van der Waals surface area contributed by atoms with Gasteiger partial charge in [0.25, 0.3) is 0 Å². The molecule has 142 valence electrons. The van der Waals surface area contributed by atoms with E-state index >= 15 is 0 Å². The highest BCUT2D eigenvalue weighted by molar-refractivity contribution is 7.89. The van der Waals surface area contributed by atoms with Crippen molar-refractivity contribution in [3.8, 4) is 0 Å². The summed E-state index contributed by atoms with van der Waals surface area (Å²) in [5.41, 5.74) is 1.77. The average Bonchev–Trinajstić information content (AvgIpc) is 3.01. The lowest BCUT2D eigenvalue weighted by atomic mass is 10.0. The molecule has 0 amide bonds. The van der Waals surface area contributed by atoms with E-state index in [0.29, 0.717) is 11.5 Å². The number of hydrogen-bond acceptors (Lipinski definition) is 3. The lowest BCUT2D eigenvalue weighted by molar-refractivity contribution is 0.103. The van der Waals surface area contributed by atoms with Crippen LogP contribution in [0.4, 0.5) is 0 Å². The maximum absolute atomic E-state index is 12.8. The highest BCUT2D eigenvalue weighted by atomic mass is 35.5. The minimum Gasteiger partial charge on any atom is -0.347 e. The number of carbonyl (C=O) groups is 1. The minimum atomic E-state index is -4.00. The lowest BCUT2D eigenvalue weighted by Crippen LogP contribution is -2.14. The number of rotatable bonds is 6. The molecule has 0 fully saturated rings. The normalized spacial score (nSPS) is 12.0. The van der Waals surface area contributed by atoms with Gasteiger partial charge in [0.2, 0.25) is 10.0 Å². The number of halogens is 1. The number of benzene rings is 2. The first kappa shape index (κ1) is 19.6. The molecule has 3 rings (SSSR count). The molecule has 1 heterocycles. The topological polar surface area (TPSA) is 82.2 Å². The second kappa shape index (κ2) is 7.46. The average molecular weight is 405 g/mol. The first-order valence-electron chi connectivity index (χ1n) is 8.63. The van der Waals surface area contributed by atoms with Crippen LogP contribution in [0.2, 0.25) is 5.02 Å². The minimum absolute atomic E-state index is 0.00766. The van der Waals surface area contributed by atoms with Crippen LogP contribution in [0.3, 0.4) is 0 Å². The van der Waals surface area contributed by atoms with Crippen LogP contribution in [0.1, 0.15) is 36.2 Å². The predicted molar refractivity (Wildman–Crippen MR) is 108 cm³/mol. The van der Waals surface area contributed by atoms with Gasteiger partial charge in [-0.15, -0.1) is 0 Å². The summed E-state index contributed by atoms with van der Waals surface area (Å²) in [7, 11) is -4.00. The number of ketones is 1. The standard InChI is InChI=1S/C20H21ClN2O3S/c1-13(2)7-9-23-10-8-14-11-15(4-6-18(14)23)20(24)16-3-5-17(21)19(12-16)27(22,25)26/h3-6,8,10-13H,7,9H2,1-2H3,(H2,22,25,26). The zero-order chi connectivity index (χ0) is 19.8. The van der Waals surface area contributed by atoms with Gasteiger partial charge in [-0.3, -0.25) is 4.79 Å². The first-order chi connectivity index (χ1) is 12.7. The molecule has 0 bridgehead atoms. The van der Waals surface area contributed by atoms with Crippen molar-refractivity contribution in [1.29, 1.82) is 0 Å². The van der Waals surface area contributed by atoms with Crippen molar-refractivity contribution < 1.29 is 13.2 Å². The molecule has 0 aliphatic rings. The predicted octanol–water partition coefficient (Wildman–Crippen LogP) is 4.22. The largest absolute Gasteiger partial charge is 0.347 e. The number of fused-ring (bicyclic) bond motifs is 1. The van der Waals surface area contributed by atoms with E-state index in [4.69, 9.17) is 16.7 Å². The van der Waals surface area contributed by atoms with Crippen LogP contribution in [0.25, 0.3) is 10.9 Å². The van der Waals surface area contributed by atoms with E-state index in [-0.39, 0.29) is 21.3 Å². The molecule has 3 aromatic rings. The quantitative estimate of drug-likeness (QED) is 0.624. The summed E-state index contributed by atoms with van der Waals surface area (Å²) in [5, 5.41) is 6.12. The second-order valence-corrected chi connectivity index (χ2v) is 8.92. The summed E-state index contributed by atoms with van der Waals surface area (Å²) in [6.07, 6.45) is 3.09. The molecule has 0 saturated carbocycles. The number of nitrogens with two attached hydrogens (primary N) is 1. The van der Waals surface area contributed by atoms with Crippen LogP contribution in [-0.2, 0) is 16.6 Å². The van der Waals surface area contributed by atoms with Crippen molar-refractivity contribution in [2.24, 2.45) is 11.1 Å². The Balaban J connectivity index is 1.95. The van der Waals surface area contributed by atoms with E-state index in [2.05, 4.69) is 18.4 Å². The van der Waals surface area contributed by atoms with Gasteiger partial charge < -0.3 is 4.57 Å². The summed E-state index contributed by atoms with van der Waals surface area (Å²) < 4.78 is 25.4. The highest BCUT2D eigenvalue weighted by Gasteiger charge is 2.18. The smallest absolute Gasteiger partial charge is 0.239 e. The van der Waals surface area contributed by atoms with E-state index in [0.717, 1.165) is 23.9 Å². The van der Waals surface area contributed by atoms with Gasteiger partial charge >= 0.3 is 0 Å². The highest BCUT2D eigenvalue weighted by Crippen LogP contribution is 2.25. The van der Waals surface area contributed by atoms with E-state index in [1.54, 1.807) is 6.07 Å². The third-order valence-corrected chi connectivity index (χ3v) is 5.87. The van der Waals surface area contributed by atoms with Crippen LogP contribution in [0.15, 0.2) is 53.6 Å². The zero-order valence-corrected chi connectivity index (χ0v) is 16.7. The molecule has 2 N–H and O–H groups in total. The molecule has 1 aromatic heterocycles. The van der Waals surface area contributed by atoms with E-state index < -0.39 is 10.0 Å². The maximum Gasteiger partial charge on any atom is 0.239 e. The number of carbonyl (C=O) groups excluding carboxylic acids is 1. The number of sulfonamides is 1. The molecule has 0 atom stereocenters. The Bertz CT molecular complexity index is 1120. The van der Waals surface area contributed by atoms with Crippen molar-refractivity contribution in [2.45, 2.75) is 31.7 Å². The molecule has 0 spiro atoms. The van der Waals surface area contributed by atoms with Crippen LogP contribution in [0.5, 0.6) is 0 Å². The number of aryl methyl sites for hydroxylation is 1. The van der Waals surface area contributed by atoms with Gasteiger partial charge in [0, 0.05) is 34.8 Å². The van der Waals surface area contributed by atoms with Crippen LogP contribution >= 0.6 is 11.6 Å². The van der Waals surface area contributed by atoms with Crippen molar-refractivity contribution >= 4 is 38.3 Å². The lowest BCUT2D eigenvalue weighted by Gasteiger charge is -2.09. The molecule has 5 nitrogen and oxygen atoms in total.